The van der Waals surface area contributed by atoms with Gasteiger partial charge in [-0.3, -0.25) is 0 Å². The predicted octanol–water partition coefficient (Wildman–Crippen LogP) is 2.08. The Kier molecular flexibility index (Phi) is 4.39. The van der Waals surface area contributed by atoms with E-state index in [4.69, 9.17) is 16.7 Å². The van der Waals surface area contributed by atoms with E-state index in [-0.39, 0.29) is 11.8 Å². The molecule has 1 rings (SSSR count). The molecule has 3 nitrogen and oxygen atoms in total. The van der Waals surface area contributed by atoms with Crippen LogP contribution in [0.3, 0.4) is 0 Å². The highest BCUT2D eigenvalue weighted by atomic mass is 35.5. The summed E-state index contributed by atoms with van der Waals surface area (Å²) in [5, 5.41) is 22.4. The summed E-state index contributed by atoms with van der Waals surface area (Å²) >= 11 is 5.84. The maximum atomic E-state index is 9.61. The average molecular weight is 230 g/mol. The molecular weight excluding hydrogens is 214 g/mol. The van der Waals surface area contributed by atoms with Crippen LogP contribution < -0.4 is 5.32 Å². The van der Waals surface area contributed by atoms with E-state index in [2.05, 4.69) is 5.32 Å². The zero-order chi connectivity index (χ0) is 11.4. The summed E-state index contributed by atoms with van der Waals surface area (Å²) in [4.78, 5) is 0. The molecule has 3 N–H and O–H groups in total. The number of rotatable bonds is 4. The Morgan fingerprint density at radius 3 is 2.67 bits per heavy atom. The quantitative estimate of drug-likeness (QED) is 0.741. The molecule has 0 heterocycles. The topological polar surface area (TPSA) is 52.5 Å². The molecule has 2 unspecified atom stereocenters. The molecule has 2 atom stereocenters. The number of aliphatic hydroxyl groups is 1. The molecule has 0 saturated carbocycles. The van der Waals surface area contributed by atoms with E-state index in [9.17, 15) is 5.11 Å². The van der Waals surface area contributed by atoms with Crippen molar-refractivity contribution in [3.63, 3.8) is 0 Å². The summed E-state index contributed by atoms with van der Waals surface area (Å²) < 4.78 is 0. The van der Waals surface area contributed by atoms with Crippen molar-refractivity contribution in [2.45, 2.75) is 26.0 Å². The summed E-state index contributed by atoms with van der Waals surface area (Å²) in [7, 11) is 0. The Morgan fingerprint density at radius 2 is 2.07 bits per heavy atom. The van der Waals surface area contributed by atoms with Crippen molar-refractivity contribution in [2.75, 3.05) is 6.54 Å². The largest absolute Gasteiger partial charge is 0.508 e. The lowest BCUT2D eigenvalue weighted by Gasteiger charge is -2.16. The van der Waals surface area contributed by atoms with E-state index >= 15 is 0 Å². The number of hydrogen-bond acceptors (Lipinski definition) is 3. The summed E-state index contributed by atoms with van der Waals surface area (Å²) in [5.41, 5.74) is 0.739. The third-order valence-electron chi connectivity index (χ3n) is 2.18. The lowest BCUT2D eigenvalue weighted by molar-refractivity contribution is 0.187. The molecule has 4 heteroatoms. The maximum absolute atomic E-state index is 9.61. The van der Waals surface area contributed by atoms with E-state index in [1.165, 1.54) is 0 Å². The predicted molar refractivity (Wildman–Crippen MR) is 61.2 cm³/mol. The van der Waals surface area contributed by atoms with Crippen LogP contribution in [0.15, 0.2) is 18.2 Å². The highest BCUT2D eigenvalue weighted by Crippen LogP contribution is 2.26. The number of aromatic hydroxyl groups is 1. The van der Waals surface area contributed by atoms with Crippen LogP contribution in [0.25, 0.3) is 0 Å². The first-order valence-electron chi connectivity index (χ1n) is 4.90. The summed E-state index contributed by atoms with van der Waals surface area (Å²) in [5.74, 6) is 0.213. The Labute approximate surface area is 94.7 Å². The van der Waals surface area contributed by atoms with Gasteiger partial charge in [-0.25, -0.2) is 0 Å². The third kappa shape index (κ3) is 3.70. The van der Waals surface area contributed by atoms with Crippen LogP contribution in [0.4, 0.5) is 0 Å². The first kappa shape index (κ1) is 12.3. The molecule has 0 saturated heterocycles. The summed E-state index contributed by atoms with van der Waals surface area (Å²) in [6.07, 6.45) is -0.409. The van der Waals surface area contributed by atoms with Crippen molar-refractivity contribution in [3.05, 3.63) is 28.8 Å². The van der Waals surface area contributed by atoms with Gasteiger partial charge in [0, 0.05) is 23.2 Å². The van der Waals surface area contributed by atoms with Crippen molar-refractivity contribution in [2.24, 2.45) is 0 Å². The maximum Gasteiger partial charge on any atom is 0.120 e. The summed E-state index contributed by atoms with van der Waals surface area (Å²) in [6.45, 7) is 4.10. The highest BCUT2D eigenvalue weighted by Gasteiger charge is 2.10. The number of phenols is 1. The molecular formula is C11H16ClNO2. The molecule has 1 aromatic rings. The van der Waals surface area contributed by atoms with E-state index in [0.717, 1.165) is 5.56 Å². The second-order valence-electron chi connectivity index (χ2n) is 3.68. The minimum atomic E-state index is -0.409. The van der Waals surface area contributed by atoms with Crippen molar-refractivity contribution in [1.82, 2.24) is 5.32 Å². The third-order valence-corrected chi connectivity index (χ3v) is 2.41. The van der Waals surface area contributed by atoms with Crippen molar-refractivity contribution < 1.29 is 10.2 Å². The van der Waals surface area contributed by atoms with Gasteiger partial charge >= 0.3 is 0 Å². The number of nitrogens with one attached hydrogen (secondary N) is 1. The minimum Gasteiger partial charge on any atom is -0.508 e. The van der Waals surface area contributed by atoms with Gasteiger partial charge in [-0.05, 0) is 32.0 Å². The van der Waals surface area contributed by atoms with Crippen LogP contribution >= 0.6 is 11.6 Å². The molecule has 15 heavy (non-hydrogen) atoms. The fourth-order valence-electron chi connectivity index (χ4n) is 1.33. The fourth-order valence-corrected chi connectivity index (χ4v) is 1.51. The molecule has 0 radical (unpaired) electrons. The van der Waals surface area contributed by atoms with Crippen LogP contribution in [-0.4, -0.2) is 22.9 Å². The second kappa shape index (κ2) is 5.35. The van der Waals surface area contributed by atoms with Gasteiger partial charge in [-0.2, -0.15) is 0 Å². The van der Waals surface area contributed by atoms with Crippen molar-refractivity contribution in [3.8, 4) is 5.75 Å². The first-order chi connectivity index (χ1) is 7.00. The molecule has 0 aliphatic heterocycles. The molecule has 0 bridgehead atoms. The Hall–Kier alpha value is -0.770. The Bertz CT molecular complexity index is 328. The van der Waals surface area contributed by atoms with E-state index in [1.807, 2.05) is 6.92 Å². The highest BCUT2D eigenvalue weighted by molar-refractivity contribution is 6.30. The van der Waals surface area contributed by atoms with Gasteiger partial charge in [0.25, 0.3) is 0 Å². The van der Waals surface area contributed by atoms with Crippen LogP contribution in [0, 0.1) is 0 Å². The average Bonchev–Trinajstić information content (AvgIpc) is 2.18. The molecule has 1 aromatic carbocycles. The van der Waals surface area contributed by atoms with E-state index < -0.39 is 6.10 Å². The standard InChI is InChI=1S/C11H16ClNO2/c1-7(14)6-13-8(2)10-5-9(12)3-4-11(10)15/h3-5,7-8,13-15H,6H2,1-2H3. The van der Waals surface area contributed by atoms with E-state index in [1.54, 1.807) is 25.1 Å². The molecule has 84 valence electrons. The van der Waals surface area contributed by atoms with Gasteiger partial charge in [0.2, 0.25) is 0 Å². The van der Waals surface area contributed by atoms with Gasteiger partial charge < -0.3 is 15.5 Å². The van der Waals surface area contributed by atoms with Crippen molar-refractivity contribution in [1.29, 1.82) is 0 Å². The molecule has 0 aliphatic rings. The number of hydrogen-bond donors (Lipinski definition) is 3. The van der Waals surface area contributed by atoms with Crippen LogP contribution in [0.2, 0.25) is 5.02 Å². The van der Waals surface area contributed by atoms with Gasteiger partial charge in [-0.1, -0.05) is 11.6 Å². The molecule has 0 aromatic heterocycles. The normalized spacial score (nSPS) is 14.9. The van der Waals surface area contributed by atoms with Crippen LogP contribution in [0.5, 0.6) is 5.75 Å². The van der Waals surface area contributed by atoms with Gasteiger partial charge in [-0.15, -0.1) is 0 Å². The number of aliphatic hydroxyl groups excluding tert-OH is 1. The zero-order valence-electron chi connectivity index (χ0n) is 8.87. The smallest absolute Gasteiger partial charge is 0.120 e. The Morgan fingerprint density at radius 1 is 1.40 bits per heavy atom. The first-order valence-corrected chi connectivity index (χ1v) is 5.28. The number of halogens is 1. The SMILES string of the molecule is CC(O)CNC(C)c1cc(Cl)ccc1O. The van der Waals surface area contributed by atoms with Gasteiger partial charge in [0.1, 0.15) is 5.75 Å². The van der Waals surface area contributed by atoms with Crippen LogP contribution in [0.1, 0.15) is 25.5 Å². The molecule has 0 fully saturated rings. The Balaban J connectivity index is 2.72. The number of benzene rings is 1. The van der Waals surface area contributed by atoms with Gasteiger partial charge in [0.15, 0.2) is 0 Å². The van der Waals surface area contributed by atoms with E-state index in [0.29, 0.717) is 11.6 Å². The monoisotopic (exact) mass is 229 g/mol. The lowest BCUT2D eigenvalue weighted by atomic mass is 10.1. The molecule has 0 spiro atoms. The second-order valence-corrected chi connectivity index (χ2v) is 4.12. The molecule has 0 amide bonds. The van der Waals surface area contributed by atoms with Gasteiger partial charge in [0.05, 0.1) is 6.10 Å². The lowest BCUT2D eigenvalue weighted by Crippen LogP contribution is -2.27. The van der Waals surface area contributed by atoms with Crippen LogP contribution in [-0.2, 0) is 0 Å². The summed E-state index contributed by atoms with van der Waals surface area (Å²) in [6, 6.07) is 4.88. The number of phenolic OH excluding ortho intramolecular Hbond substituents is 1. The fraction of sp³-hybridized carbons (Fsp3) is 0.455. The van der Waals surface area contributed by atoms with Crippen molar-refractivity contribution >= 4 is 11.6 Å². The minimum absolute atomic E-state index is 0.0432. The molecule has 0 aliphatic carbocycles. The zero-order valence-corrected chi connectivity index (χ0v) is 9.62.